The highest BCUT2D eigenvalue weighted by molar-refractivity contribution is 5.43. The lowest BCUT2D eigenvalue weighted by molar-refractivity contribution is -0.169. The molecule has 0 unspecified atom stereocenters. The van der Waals surface area contributed by atoms with Crippen molar-refractivity contribution >= 4 is 11.8 Å². The molecule has 2 aromatic rings. The molecule has 2 saturated heterocycles. The quantitative estimate of drug-likeness (QED) is 0.838. The topological polar surface area (TPSA) is 68.7 Å². The van der Waals surface area contributed by atoms with Crippen LogP contribution in [0.5, 0.6) is 5.75 Å². The molecular weight excluding hydrogens is 344 g/mol. The highest BCUT2D eigenvalue weighted by Gasteiger charge is 2.40. The summed E-state index contributed by atoms with van der Waals surface area (Å²) >= 11 is 0. The summed E-state index contributed by atoms with van der Waals surface area (Å²) in [5.74, 6) is 2.13. The van der Waals surface area contributed by atoms with E-state index < -0.39 is 0 Å². The third-order valence-corrected chi connectivity index (χ3v) is 5.16. The summed E-state index contributed by atoms with van der Waals surface area (Å²) in [7, 11) is 1.68. The second-order valence-electron chi connectivity index (χ2n) is 6.86. The third kappa shape index (κ3) is 4.31. The first kappa shape index (κ1) is 18.0. The van der Waals surface area contributed by atoms with E-state index in [-0.39, 0.29) is 5.79 Å². The molecule has 1 spiro atoms. The van der Waals surface area contributed by atoms with Gasteiger partial charge in [-0.2, -0.15) is 4.98 Å². The van der Waals surface area contributed by atoms with Gasteiger partial charge in [-0.3, -0.25) is 0 Å². The molecule has 4 rings (SSSR count). The predicted molar refractivity (Wildman–Crippen MR) is 103 cm³/mol. The third-order valence-electron chi connectivity index (χ3n) is 5.16. The summed E-state index contributed by atoms with van der Waals surface area (Å²) in [6.45, 7) is 3.94. The predicted octanol–water partition coefficient (Wildman–Crippen LogP) is 2.48. The second-order valence-corrected chi connectivity index (χ2v) is 6.86. The van der Waals surface area contributed by atoms with Crippen molar-refractivity contribution in [2.45, 2.75) is 25.0 Å². The molecular formula is C20H26N4O3. The van der Waals surface area contributed by atoms with Gasteiger partial charge in [0.1, 0.15) is 11.6 Å². The Hall–Kier alpha value is -2.38. The van der Waals surface area contributed by atoms with Crippen LogP contribution in [0.25, 0.3) is 0 Å². The summed E-state index contributed by atoms with van der Waals surface area (Å²) in [5.41, 5.74) is 1.25. The minimum atomic E-state index is -0.358. The largest absolute Gasteiger partial charge is 0.497 e. The Labute approximate surface area is 159 Å². The lowest BCUT2D eigenvalue weighted by Gasteiger charge is -2.38. The molecule has 0 saturated carbocycles. The number of methoxy groups -OCH3 is 1. The van der Waals surface area contributed by atoms with E-state index >= 15 is 0 Å². The van der Waals surface area contributed by atoms with Crippen LogP contribution in [-0.4, -0.2) is 55.7 Å². The van der Waals surface area contributed by atoms with Crippen molar-refractivity contribution in [3.05, 3.63) is 42.1 Å². The van der Waals surface area contributed by atoms with Crippen LogP contribution in [0, 0.1) is 0 Å². The lowest BCUT2D eigenvalue weighted by Crippen LogP contribution is -2.45. The number of piperidine rings is 1. The van der Waals surface area contributed by atoms with Crippen molar-refractivity contribution in [3.63, 3.8) is 0 Å². The number of rotatable bonds is 6. The second kappa shape index (κ2) is 8.10. The van der Waals surface area contributed by atoms with Gasteiger partial charge < -0.3 is 24.4 Å². The molecule has 0 amide bonds. The first-order valence-corrected chi connectivity index (χ1v) is 9.49. The molecule has 7 heteroatoms. The summed E-state index contributed by atoms with van der Waals surface area (Å²) in [4.78, 5) is 11.3. The Balaban J connectivity index is 1.30. The summed E-state index contributed by atoms with van der Waals surface area (Å²) < 4.78 is 16.8. The van der Waals surface area contributed by atoms with Gasteiger partial charge in [0, 0.05) is 38.7 Å². The fourth-order valence-electron chi connectivity index (χ4n) is 3.58. The zero-order valence-electron chi connectivity index (χ0n) is 15.7. The summed E-state index contributed by atoms with van der Waals surface area (Å²) in [6, 6.07) is 10.1. The molecule has 2 aliphatic heterocycles. The van der Waals surface area contributed by atoms with Crippen molar-refractivity contribution in [2.24, 2.45) is 0 Å². The Morgan fingerprint density at radius 3 is 2.56 bits per heavy atom. The van der Waals surface area contributed by atoms with Crippen LogP contribution in [0.2, 0.25) is 0 Å². The van der Waals surface area contributed by atoms with Crippen LogP contribution in [0.1, 0.15) is 18.4 Å². The number of hydrogen-bond donors (Lipinski definition) is 1. The SMILES string of the molecule is COc1ccc(CCNc2nccc(N3CCC4(CC3)OCCO4)n2)cc1. The number of nitrogens with zero attached hydrogens (tertiary/aromatic N) is 3. The molecule has 27 heavy (non-hydrogen) atoms. The fourth-order valence-corrected chi connectivity index (χ4v) is 3.58. The zero-order valence-corrected chi connectivity index (χ0v) is 15.7. The number of nitrogens with one attached hydrogen (secondary N) is 1. The Bertz CT molecular complexity index is 737. The minimum Gasteiger partial charge on any atom is -0.497 e. The van der Waals surface area contributed by atoms with Crippen molar-refractivity contribution in [1.82, 2.24) is 9.97 Å². The van der Waals surface area contributed by atoms with Gasteiger partial charge in [0.15, 0.2) is 5.79 Å². The molecule has 2 fully saturated rings. The molecule has 1 aromatic carbocycles. The average molecular weight is 370 g/mol. The summed E-state index contributed by atoms with van der Waals surface area (Å²) in [5, 5.41) is 3.32. The zero-order chi connectivity index (χ0) is 18.5. The number of anilines is 2. The van der Waals surface area contributed by atoms with Gasteiger partial charge >= 0.3 is 0 Å². The van der Waals surface area contributed by atoms with E-state index in [0.717, 1.165) is 50.5 Å². The molecule has 0 aliphatic carbocycles. The van der Waals surface area contributed by atoms with Crippen LogP contribution in [-0.2, 0) is 15.9 Å². The van der Waals surface area contributed by atoms with Crippen molar-refractivity contribution < 1.29 is 14.2 Å². The van der Waals surface area contributed by atoms with Crippen LogP contribution >= 0.6 is 0 Å². The molecule has 3 heterocycles. The minimum absolute atomic E-state index is 0.358. The highest BCUT2D eigenvalue weighted by Crippen LogP contribution is 2.32. The van der Waals surface area contributed by atoms with Crippen LogP contribution in [0.15, 0.2) is 36.5 Å². The maximum Gasteiger partial charge on any atom is 0.224 e. The number of ether oxygens (including phenoxy) is 3. The lowest BCUT2D eigenvalue weighted by atomic mass is 10.0. The highest BCUT2D eigenvalue weighted by atomic mass is 16.7. The van der Waals surface area contributed by atoms with Crippen LogP contribution in [0.4, 0.5) is 11.8 Å². The van der Waals surface area contributed by atoms with Gasteiger partial charge in [-0.05, 0) is 30.2 Å². The maximum atomic E-state index is 5.80. The molecule has 0 bridgehead atoms. The molecule has 144 valence electrons. The monoisotopic (exact) mass is 370 g/mol. The normalized spacial score (nSPS) is 18.6. The standard InChI is InChI=1S/C20H26N4O3/c1-25-17-4-2-16(3-5-17)6-10-21-19-22-11-7-18(23-19)24-12-8-20(9-13-24)26-14-15-27-20/h2-5,7,11H,6,8-10,12-15H2,1H3,(H,21,22,23). The molecule has 1 aromatic heterocycles. The van der Waals surface area contributed by atoms with Crippen molar-refractivity contribution in [3.8, 4) is 5.75 Å². The van der Waals surface area contributed by atoms with E-state index in [1.807, 2.05) is 24.4 Å². The van der Waals surface area contributed by atoms with Gasteiger partial charge in [-0.15, -0.1) is 0 Å². The Kier molecular flexibility index (Phi) is 5.40. The Morgan fingerprint density at radius 1 is 1.11 bits per heavy atom. The van der Waals surface area contributed by atoms with Crippen molar-refractivity contribution in [2.75, 3.05) is 50.2 Å². The van der Waals surface area contributed by atoms with Crippen LogP contribution in [0.3, 0.4) is 0 Å². The molecule has 7 nitrogen and oxygen atoms in total. The van der Waals surface area contributed by atoms with Gasteiger partial charge in [0.25, 0.3) is 0 Å². The molecule has 2 aliphatic rings. The van der Waals surface area contributed by atoms with Gasteiger partial charge in [-0.1, -0.05) is 12.1 Å². The van der Waals surface area contributed by atoms with E-state index in [9.17, 15) is 0 Å². The van der Waals surface area contributed by atoms with E-state index in [0.29, 0.717) is 19.2 Å². The molecule has 0 radical (unpaired) electrons. The van der Waals surface area contributed by atoms with Gasteiger partial charge in [-0.25, -0.2) is 4.98 Å². The Morgan fingerprint density at radius 2 is 1.85 bits per heavy atom. The van der Waals surface area contributed by atoms with E-state index in [1.165, 1.54) is 5.56 Å². The first-order chi connectivity index (χ1) is 13.3. The number of hydrogen-bond acceptors (Lipinski definition) is 7. The van der Waals surface area contributed by atoms with Crippen molar-refractivity contribution in [1.29, 1.82) is 0 Å². The first-order valence-electron chi connectivity index (χ1n) is 9.49. The van der Waals surface area contributed by atoms with E-state index in [4.69, 9.17) is 14.2 Å². The van der Waals surface area contributed by atoms with Crippen LogP contribution < -0.4 is 15.0 Å². The van der Waals surface area contributed by atoms with E-state index in [1.54, 1.807) is 7.11 Å². The van der Waals surface area contributed by atoms with Gasteiger partial charge in [0.2, 0.25) is 5.95 Å². The van der Waals surface area contributed by atoms with Gasteiger partial charge in [0.05, 0.1) is 20.3 Å². The maximum absolute atomic E-state index is 5.80. The molecule has 1 N–H and O–H groups in total. The average Bonchev–Trinajstić information content (AvgIpc) is 3.17. The molecule has 0 atom stereocenters. The fraction of sp³-hybridized carbons (Fsp3) is 0.500. The number of aromatic nitrogens is 2. The smallest absolute Gasteiger partial charge is 0.224 e. The summed E-state index contributed by atoms with van der Waals surface area (Å²) in [6.07, 6.45) is 4.46. The van der Waals surface area contributed by atoms with E-state index in [2.05, 4.69) is 32.3 Å². The number of benzene rings is 1.